The average Bonchev–Trinajstić information content (AvgIpc) is 3.45. The molecule has 0 aliphatic carbocycles. The van der Waals surface area contributed by atoms with E-state index < -0.39 is 0 Å². The number of aromatic nitrogens is 2. The molecule has 2 heterocycles. The van der Waals surface area contributed by atoms with Crippen LogP contribution in [-0.4, -0.2) is 22.7 Å². The van der Waals surface area contributed by atoms with Gasteiger partial charge in [-0.15, -0.1) is 0 Å². The number of furan rings is 1. The van der Waals surface area contributed by atoms with Gasteiger partial charge in [0, 0.05) is 12.2 Å². The zero-order valence-electron chi connectivity index (χ0n) is 16.4. The highest BCUT2D eigenvalue weighted by Gasteiger charge is 2.13. The van der Waals surface area contributed by atoms with Gasteiger partial charge in [0.05, 0.1) is 12.7 Å². The van der Waals surface area contributed by atoms with Crippen molar-refractivity contribution >= 4 is 11.7 Å². The second kappa shape index (κ2) is 9.56. The van der Waals surface area contributed by atoms with E-state index in [-0.39, 0.29) is 6.03 Å². The number of rotatable bonds is 8. The van der Waals surface area contributed by atoms with Gasteiger partial charge in [0.2, 0.25) is 11.7 Å². The standard InChI is InChI=1S/C23H22N4O3/c28-23(24-14-6-10-17-8-2-1-3-9-17)25-19-12-5-4-11-18(19)16-21-26-22(27-30-21)20-13-7-15-29-20/h1-5,7-9,11-13,15H,6,10,14,16H2,(H2,24,25,28). The number of aryl methyl sites for hydroxylation is 1. The molecular weight excluding hydrogens is 380 g/mol. The van der Waals surface area contributed by atoms with Crippen molar-refractivity contribution in [1.82, 2.24) is 15.5 Å². The lowest BCUT2D eigenvalue weighted by Gasteiger charge is -2.11. The number of para-hydroxylation sites is 1. The zero-order valence-corrected chi connectivity index (χ0v) is 16.4. The summed E-state index contributed by atoms with van der Waals surface area (Å²) in [6.07, 6.45) is 3.75. The summed E-state index contributed by atoms with van der Waals surface area (Å²) in [5.41, 5.74) is 2.85. The Balaban J connectivity index is 1.31. The van der Waals surface area contributed by atoms with Crippen LogP contribution < -0.4 is 10.6 Å². The first-order valence-corrected chi connectivity index (χ1v) is 9.81. The fourth-order valence-electron chi connectivity index (χ4n) is 3.10. The molecule has 2 aromatic heterocycles. The number of benzene rings is 2. The van der Waals surface area contributed by atoms with Gasteiger partial charge < -0.3 is 19.6 Å². The minimum atomic E-state index is -0.239. The highest BCUT2D eigenvalue weighted by Crippen LogP contribution is 2.21. The largest absolute Gasteiger partial charge is 0.461 e. The molecule has 0 spiro atoms. The molecule has 0 saturated carbocycles. The van der Waals surface area contributed by atoms with Gasteiger partial charge in [-0.05, 0) is 42.2 Å². The third-order valence-electron chi connectivity index (χ3n) is 4.59. The third-order valence-corrected chi connectivity index (χ3v) is 4.59. The fraction of sp³-hybridized carbons (Fsp3) is 0.174. The maximum atomic E-state index is 12.3. The van der Waals surface area contributed by atoms with Crippen molar-refractivity contribution in [2.24, 2.45) is 0 Å². The minimum Gasteiger partial charge on any atom is -0.461 e. The van der Waals surface area contributed by atoms with Crippen molar-refractivity contribution in [1.29, 1.82) is 0 Å². The van der Waals surface area contributed by atoms with Crippen molar-refractivity contribution in [2.75, 3.05) is 11.9 Å². The topological polar surface area (TPSA) is 93.2 Å². The lowest BCUT2D eigenvalue weighted by molar-refractivity contribution is 0.252. The van der Waals surface area contributed by atoms with E-state index in [1.807, 2.05) is 42.5 Å². The number of hydrogen-bond donors (Lipinski definition) is 2. The fourth-order valence-corrected chi connectivity index (χ4v) is 3.10. The van der Waals surface area contributed by atoms with Crippen LogP contribution in [0.25, 0.3) is 11.6 Å². The molecule has 0 unspecified atom stereocenters. The van der Waals surface area contributed by atoms with Crippen molar-refractivity contribution in [3.63, 3.8) is 0 Å². The summed E-state index contributed by atoms with van der Waals surface area (Å²) in [6, 6.07) is 21.1. The van der Waals surface area contributed by atoms with Gasteiger partial charge in [-0.2, -0.15) is 4.98 Å². The SMILES string of the molecule is O=C(NCCCc1ccccc1)Nc1ccccc1Cc1nc(-c2ccco2)no1. The Morgan fingerprint density at radius 2 is 1.80 bits per heavy atom. The molecule has 7 nitrogen and oxygen atoms in total. The van der Waals surface area contributed by atoms with Crippen LogP contribution in [0.15, 0.2) is 81.9 Å². The highest BCUT2D eigenvalue weighted by molar-refractivity contribution is 5.90. The van der Waals surface area contributed by atoms with Crippen molar-refractivity contribution in [3.8, 4) is 11.6 Å². The molecule has 30 heavy (non-hydrogen) atoms. The summed E-state index contributed by atoms with van der Waals surface area (Å²) < 4.78 is 10.6. The predicted octanol–water partition coefficient (Wildman–Crippen LogP) is 4.67. The molecule has 7 heteroatoms. The lowest BCUT2D eigenvalue weighted by Crippen LogP contribution is -2.30. The van der Waals surface area contributed by atoms with Crippen LogP contribution >= 0.6 is 0 Å². The maximum Gasteiger partial charge on any atom is 0.319 e. The van der Waals surface area contributed by atoms with Crippen molar-refractivity contribution < 1.29 is 13.7 Å². The molecular formula is C23H22N4O3. The third kappa shape index (κ3) is 5.14. The Kier molecular flexibility index (Phi) is 6.19. The molecule has 0 fully saturated rings. The zero-order chi connectivity index (χ0) is 20.6. The summed E-state index contributed by atoms with van der Waals surface area (Å²) in [5.74, 6) is 1.39. The first kappa shape index (κ1) is 19.4. The normalized spacial score (nSPS) is 10.7. The predicted molar refractivity (Wildman–Crippen MR) is 113 cm³/mol. The molecule has 0 radical (unpaired) electrons. The number of nitrogens with one attached hydrogen (secondary N) is 2. The molecule has 0 aliphatic rings. The Labute approximate surface area is 174 Å². The average molecular weight is 402 g/mol. The van der Waals surface area contributed by atoms with Gasteiger partial charge in [-0.1, -0.05) is 53.7 Å². The molecule has 2 amide bonds. The Bertz CT molecular complexity index is 1070. The van der Waals surface area contributed by atoms with E-state index in [2.05, 4.69) is 32.9 Å². The number of hydrogen-bond acceptors (Lipinski definition) is 5. The van der Waals surface area contributed by atoms with Crippen LogP contribution in [0.2, 0.25) is 0 Å². The van der Waals surface area contributed by atoms with Gasteiger partial charge in [0.15, 0.2) is 5.76 Å². The summed E-state index contributed by atoms with van der Waals surface area (Å²) in [4.78, 5) is 16.7. The number of carbonyl (C=O) groups is 1. The van der Waals surface area contributed by atoms with Crippen molar-refractivity contribution in [3.05, 3.63) is 90.0 Å². The van der Waals surface area contributed by atoms with Crippen LogP contribution in [0.4, 0.5) is 10.5 Å². The highest BCUT2D eigenvalue weighted by atomic mass is 16.5. The molecule has 0 atom stereocenters. The van der Waals surface area contributed by atoms with Gasteiger partial charge in [-0.25, -0.2) is 4.79 Å². The number of urea groups is 1. The first-order valence-electron chi connectivity index (χ1n) is 9.81. The van der Waals surface area contributed by atoms with Crippen molar-refractivity contribution in [2.45, 2.75) is 19.3 Å². The summed E-state index contributed by atoms with van der Waals surface area (Å²) in [6.45, 7) is 0.596. The minimum absolute atomic E-state index is 0.239. The van der Waals surface area contributed by atoms with Crippen LogP contribution in [0.1, 0.15) is 23.4 Å². The van der Waals surface area contributed by atoms with Gasteiger partial charge >= 0.3 is 6.03 Å². The van der Waals surface area contributed by atoms with Gasteiger partial charge in [0.25, 0.3) is 0 Å². The first-order chi connectivity index (χ1) is 14.8. The number of amides is 2. The van der Waals surface area contributed by atoms with Gasteiger partial charge in [0.1, 0.15) is 0 Å². The summed E-state index contributed by atoms with van der Waals surface area (Å²) >= 11 is 0. The lowest BCUT2D eigenvalue weighted by atomic mass is 10.1. The Morgan fingerprint density at radius 1 is 0.967 bits per heavy atom. The Hall–Kier alpha value is -3.87. The number of carbonyl (C=O) groups excluding carboxylic acids is 1. The van der Waals surface area contributed by atoms with Crippen LogP contribution in [0.5, 0.6) is 0 Å². The second-order valence-electron chi connectivity index (χ2n) is 6.79. The van der Waals surface area contributed by atoms with E-state index in [1.165, 1.54) is 5.56 Å². The second-order valence-corrected chi connectivity index (χ2v) is 6.79. The van der Waals surface area contributed by atoms with Crippen LogP contribution in [0, 0.1) is 0 Å². The smallest absolute Gasteiger partial charge is 0.319 e. The monoisotopic (exact) mass is 402 g/mol. The molecule has 4 rings (SSSR count). The molecule has 2 aromatic carbocycles. The molecule has 0 aliphatic heterocycles. The number of nitrogens with zero attached hydrogens (tertiary/aromatic N) is 2. The van der Waals surface area contributed by atoms with E-state index in [9.17, 15) is 4.79 Å². The number of anilines is 1. The van der Waals surface area contributed by atoms with E-state index in [1.54, 1.807) is 18.4 Å². The maximum absolute atomic E-state index is 12.3. The Morgan fingerprint density at radius 3 is 2.63 bits per heavy atom. The molecule has 0 bridgehead atoms. The molecule has 2 N–H and O–H groups in total. The van der Waals surface area contributed by atoms with E-state index >= 15 is 0 Å². The summed E-state index contributed by atoms with van der Waals surface area (Å²) in [5, 5.41) is 9.75. The summed E-state index contributed by atoms with van der Waals surface area (Å²) in [7, 11) is 0. The van der Waals surface area contributed by atoms with E-state index in [0.29, 0.717) is 36.1 Å². The molecule has 0 saturated heterocycles. The van der Waals surface area contributed by atoms with Crippen LogP contribution in [-0.2, 0) is 12.8 Å². The van der Waals surface area contributed by atoms with Gasteiger partial charge in [-0.3, -0.25) is 0 Å². The van der Waals surface area contributed by atoms with E-state index in [0.717, 1.165) is 18.4 Å². The van der Waals surface area contributed by atoms with E-state index in [4.69, 9.17) is 8.94 Å². The van der Waals surface area contributed by atoms with Crippen LogP contribution in [0.3, 0.4) is 0 Å². The molecule has 4 aromatic rings. The quantitative estimate of drug-likeness (QED) is 0.418. The molecule has 152 valence electrons.